The first-order valence-electron chi connectivity index (χ1n) is 10.2. The standard InChI is InChI=1S/C23H27ClF3N3O/c1-22(2,3)28-21(31)30-14-12-29(13-15-30)20(16-8-10-17(24)11-9-16)18-6-4-5-7-19(18)23(25,26)27/h4-11,20H,12-15H2,1-3H3,(H,28,31). The number of nitrogens with zero attached hydrogens (tertiary/aromatic N) is 2. The van der Waals surface area contributed by atoms with E-state index in [0.29, 0.717) is 31.2 Å². The summed E-state index contributed by atoms with van der Waals surface area (Å²) in [6.07, 6.45) is -4.46. The van der Waals surface area contributed by atoms with E-state index in [1.54, 1.807) is 35.2 Å². The van der Waals surface area contributed by atoms with Crippen LogP contribution in [0.15, 0.2) is 48.5 Å². The molecule has 1 atom stereocenters. The van der Waals surface area contributed by atoms with Crippen molar-refractivity contribution < 1.29 is 18.0 Å². The van der Waals surface area contributed by atoms with Gasteiger partial charge < -0.3 is 10.2 Å². The minimum absolute atomic E-state index is 0.161. The quantitative estimate of drug-likeness (QED) is 0.659. The number of alkyl halides is 3. The maximum absolute atomic E-state index is 13.8. The Morgan fingerprint density at radius 2 is 1.55 bits per heavy atom. The van der Waals surface area contributed by atoms with Gasteiger partial charge in [-0.2, -0.15) is 13.2 Å². The number of piperazine rings is 1. The maximum atomic E-state index is 13.8. The number of hydrogen-bond acceptors (Lipinski definition) is 2. The smallest absolute Gasteiger partial charge is 0.333 e. The van der Waals surface area contributed by atoms with Crippen LogP contribution in [0.1, 0.15) is 43.5 Å². The Bertz CT molecular complexity index is 902. The summed E-state index contributed by atoms with van der Waals surface area (Å²) in [5.41, 5.74) is -0.0763. The molecule has 8 heteroatoms. The largest absolute Gasteiger partial charge is 0.416 e. The minimum atomic E-state index is -4.46. The van der Waals surface area contributed by atoms with Crippen LogP contribution in [-0.4, -0.2) is 47.5 Å². The fourth-order valence-corrected chi connectivity index (χ4v) is 3.93. The summed E-state index contributed by atoms with van der Waals surface area (Å²) in [6.45, 7) is 7.50. The molecule has 168 valence electrons. The van der Waals surface area contributed by atoms with Crippen LogP contribution in [0.25, 0.3) is 0 Å². The number of hydrogen-bond donors (Lipinski definition) is 1. The number of amides is 2. The van der Waals surface area contributed by atoms with E-state index in [-0.39, 0.29) is 17.1 Å². The van der Waals surface area contributed by atoms with E-state index in [4.69, 9.17) is 11.6 Å². The van der Waals surface area contributed by atoms with E-state index in [1.165, 1.54) is 12.1 Å². The molecule has 0 bridgehead atoms. The van der Waals surface area contributed by atoms with Gasteiger partial charge in [-0.1, -0.05) is 41.9 Å². The van der Waals surface area contributed by atoms with Gasteiger partial charge in [0.25, 0.3) is 0 Å². The lowest BCUT2D eigenvalue weighted by atomic mass is 9.92. The first kappa shape index (κ1) is 23.4. The summed E-state index contributed by atoms with van der Waals surface area (Å²) in [6, 6.07) is 11.8. The highest BCUT2D eigenvalue weighted by Gasteiger charge is 2.38. The second-order valence-corrected chi connectivity index (χ2v) is 9.18. The van der Waals surface area contributed by atoms with Crippen LogP contribution in [-0.2, 0) is 6.18 Å². The van der Waals surface area contributed by atoms with Gasteiger partial charge in [0.2, 0.25) is 0 Å². The minimum Gasteiger partial charge on any atom is -0.333 e. The summed E-state index contributed by atoms with van der Waals surface area (Å²) in [4.78, 5) is 16.2. The molecule has 31 heavy (non-hydrogen) atoms. The van der Waals surface area contributed by atoms with Crippen LogP contribution >= 0.6 is 11.6 Å². The average molecular weight is 454 g/mol. The van der Waals surface area contributed by atoms with Crippen molar-refractivity contribution in [1.82, 2.24) is 15.1 Å². The van der Waals surface area contributed by atoms with Crippen molar-refractivity contribution in [3.8, 4) is 0 Å². The molecule has 0 saturated carbocycles. The molecule has 4 nitrogen and oxygen atoms in total. The van der Waals surface area contributed by atoms with Gasteiger partial charge in [-0.15, -0.1) is 0 Å². The molecule has 1 fully saturated rings. The summed E-state index contributed by atoms with van der Waals surface area (Å²) < 4.78 is 41.3. The van der Waals surface area contributed by atoms with E-state index in [9.17, 15) is 18.0 Å². The summed E-state index contributed by atoms with van der Waals surface area (Å²) >= 11 is 6.01. The molecule has 1 heterocycles. The zero-order valence-corrected chi connectivity index (χ0v) is 18.6. The molecule has 2 aromatic rings. The number of benzene rings is 2. The van der Waals surface area contributed by atoms with Crippen LogP contribution in [0.4, 0.5) is 18.0 Å². The maximum Gasteiger partial charge on any atom is 0.416 e. The highest BCUT2D eigenvalue weighted by Crippen LogP contribution is 2.39. The summed E-state index contributed by atoms with van der Waals surface area (Å²) in [5.74, 6) is 0. The van der Waals surface area contributed by atoms with Crippen molar-refractivity contribution in [2.75, 3.05) is 26.2 Å². The van der Waals surface area contributed by atoms with Crippen LogP contribution in [0.5, 0.6) is 0 Å². The Hall–Kier alpha value is -2.25. The molecule has 0 aromatic heterocycles. The van der Waals surface area contributed by atoms with E-state index >= 15 is 0 Å². The number of rotatable bonds is 3. The third-order valence-electron chi connectivity index (χ3n) is 5.20. The Labute approximate surface area is 186 Å². The third-order valence-corrected chi connectivity index (χ3v) is 5.45. The molecule has 0 radical (unpaired) electrons. The molecule has 2 amide bonds. The van der Waals surface area contributed by atoms with Crippen molar-refractivity contribution >= 4 is 17.6 Å². The van der Waals surface area contributed by atoms with Gasteiger partial charge >= 0.3 is 12.2 Å². The first-order valence-corrected chi connectivity index (χ1v) is 10.6. The lowest BCUT2D eigenvalue weighted by Crippen LogP contribution is -2.55. The van der Waals surface area contributed by atoms with Gasteiger partial charge in [0.1, 0.15) is 0 Å². The molecule has 0 spiro atoms. The van der Waals surface area contributed by atoms with Crippen LogP contribution < -0.4 is 5.32 Å². The Morgan fingerprint density at radius 1 is 0.968 bits per heavy atom. The number of nitrogens with one attached hydrogen (secondary N) is 1. The number of urea groups is 1. The Kier molecular flexibility index (Phi) is 6.86. The normalized spacial score (nSPS) is 16.8. The fraction of sp³-hybridized carbons (Fsp3) is 0.435. The van der Waals surface area contributed by atoms with E-state index in [1.807, 2.05) is 25.7 Å². The Morgan fingerprint density at radius 3 is 2.10 bits per heavy atom. The highest BCUT2D eigenvalue weighted by molar-refractivity contribution is 6.30. The lowest BCUT2D eigenvalue weighted by Gasteiger charge is -2.41. The molecular formula is C23H27ClF3N3O. The van der Waals surface area contributed by atoms with Crippen molar-refractivity contribution in [2.45, 2.75) is 38.5 Å². The molecule has 2 aromatic carbocycles. The second-order valence-electron chi connectivity index (χ2n) is 8.74. The highest BCUT2D eigenvalue weighted by atomic mass is 35.5. The average Bonchev–Trinajstić information content (AvgIpc) is 2.68. The van der Waals surface area contributed by atoms with E-state index < -0.39 is 17.8 Å². The zero-order valence-electron chi connectivity index (χ0n) is 17.8. The van der Waals surface area contributed by atoms with Gasteiger partial charge in [-0.25, -0.2) is 4.79 Å². The molecular weight excluding hydrogens is 427 g/mol. The van der Waals surface area contributed by atoms with Crippen molar-refractivity contribution in [1.29, 1.82) is 0 Å². The predicted octanol–water partition coefficient (Wildman–Crippen LogP) is 5.57. The van der Waals surface area contributed by atoms with Crippen LogP contribution in [0.3, 0.4) is 0 Å². The number of carbonyl (C=O) groups excluding carboxylic acids is 1. The SMILES string of the molecule is CC(C)(C)NC(=O)N1CCN(C(c2ccc(Cl)cc2)c2ccccc2C(F)(F)F)CC1. The molecule has 1 N–H and O–H groups in total. The van der Waals surface area contributed by atoms with E-state index in [2.05, 4.69) is 5.32 Å². The van der Waals surface area contributed by atoms with Gasteiger partial charge in [0.05, 0.1) is 11.6 Å². The van der Waals surface area contributed by atoms with Gasteiger partial charge in [0, 0.05) is 36.7 Å². The fourth-order valence-electron chi connectivity index (χ4n) is 3.81. The second kappa shape index (κ2) is 9.09. The number of halogens is 4. The Balaban J connectivity index is 1.90. The topological polar surface area (TPSA) is 35.6 Å². The third kappa shape index (κ3) is 5.92. The molecule has 3 rings (SSSR count). The summed E-state index contributed by atoms with van der Waals surface area (Å²) in [5, 5.41) is 3.46. The zero-order chi connectivity index (χ0) is 22.8. The predicted molar refractivity (Wildman–Crippen MR) is 116 cm³/mol. The molecule has 1 saturated heterocycles. The van der Waals surface area contributed by atoms with Crippen molar-refractivity contribution in [3.05, 3.63) is 70.2 Å². The van der Waals surface area contributed by atoms with Crippen LogP contribution in [0.2, 0.25) is 5.02 Å². The van der Waals surface area contributed by atoms with Crippen LogP contribution in [0, 0.1) is 0 Å². The van der Waals surface area contributed by atoms with Gasteiger partial charge in [-0.05, 0) is 50.1 Å². The van der Waals surface area contributed by atoms with Gasteiger partial charge in [0.15, 0.2) is 0 Å². The number of carbonyl (C=O) groups is 1. The van der Waals surface area contributed by atoms with Gasteiger partial charge in [-0.3, -0.25) is 4.90 Å². The van der Waals surface area contributed by atoms with Crippen molar-refractivity contribution in [2.24, 2.45) is 0 Å². The monoisotopic (exact) mass is 453 g/mol. The molecule has 1 unspecified atom stereocenters. The van der Waals surface area contributed by atoms with E-state index in [0.717, 1.165) is 11.6 Å². The lowest BCUT2D eigenvalue weighted by molar-refractivity contribution is -0.138. The van der Waals surface area contributed by atoms with Crippen molar-refractivity contribution in [3.63, 3.8) is 0 Å². The molecule has 0 aliphatic carbocycles. The molecule has 1 aliphatic rings. The summed E-state index contributed by atoms with van der Waals surface area (Å²) in [7, 11) is 0. The first-order chi connectivity index (χ1) is 14.5. The molecule has 1 aliphatic heterocycles.